The summed E-state index contributed by atoms with van der Waals surface area (Å²) in [5, 5.41) is 29.4. The molecule has 368 valence electrons. The number of amides is 4. The number of likely N-dealkylation sites (tertiary alicyclic amines) is 1. The number of carbonyl (C=O) groups is 4. The van der Waals surface area contributed by atoms with Gasteiger partial charge in [-0.05, 0) is 59.9 Å². The average molecular weight is 982 g/mol. The first-order valence-electron chi connectivity index (χ1n) is 23.6. The fourth-order valence-electron chi connectivity index (χ4n) is 10.2. The van der Waals surface area contributed by atoms with Gasteiger partial charge in [0.25, 0.3) is 5.91 Å². The third-order valence-electron chi connectivity index (χ3n) is 13.8. The Balaban J connectivity index is 0.825. The molecule has 0 radical (unpaired) electrons. The van der Waals surface area contributed by atoms with Crippen molar-refractivity contribution in [1.29, 1.82) is 5.26 Å². The lowest BCUT2D eigenvalue weighted by atomic mass is 9.49. The predicted molar refractivity (Wildman–Crippen MR) is 266 cm³/mol. The van der Waals surface area contributed by atoms with Gasteiger partial charge in [0, 0.05) is 80.7 Å². The quantitative estimate of drug-likeness (QED) is 0.102. The van der Waals surface area contributed by atoms with E-state index in [1.807, 2.05) is 57.5 Å². The number of benzene rings is 3. The smallest absolute Gasteiger partial charge is 0.251 e. The molecule has 2 aliphatic heterocycles. The molecule has 3 aromatic carbocycles. The van der Waals surface area contributed by atoms with Gasteiger partial charge in [-0.15, -0.1) is 11.3 Å². The molecule has 0 spiro atoms. The van der Waals surface area contributed by atoms with Crippen molar-refractivity contribution in [3.63, 3.8) is 0 Å². The molecule has 3 fully saturated rings. The monoisotopic (exact) mass is 980 g/mol. The molecule has 17 heteroatoms. The van der Waals surface area contributed by atoms with E-state index < -0.39 is 29.5 Å². The van der Waals surface area contributed by atoms with Crippen molar-refractivity contribution in [2.75, 3.05) is 52.4 Å². The molecular weight excluding hydrogens is 916 g/mol. The topological polar surface area (TPSA) is 189 Å². The second-order valence-corrected chi connectivity index (χ2v) is 22.0. The first-order chi connectivity index (χ1) is 32.6. The number of nitriles is 1. The highest BCUT2D eigenvalue weighted by Gasteiger charge is 2.64. The maximum absolute atomic E-state index is 14.2. The van der Waals surface area contributed by atoms with E-state index in [-0.39, 0.29) is 66.8 Å². The number of β-amino-alcohol motifs (C(OH)–C–C–N with tert-alkyl or cyclic N) is 1. The van der Waals surface area contributed by atoms with Crippen LogP contribution in [0.5, 0.6) is 11.5 Å². The van der Waals surface area contributed by atoms with Crippen LogP contribution in [0.4, 0.5) is 0 Å². The van der Waals surface area contributed by atoms with Gasteiger partial charge in [-0.3, -0.25) is 29.0 Å². The SMILES string of the molecule is Cc1ncsc1-c1ccc(CNC(=O)[C@@H]2C[C@@H](O)CN2C(=O)C(NC(=O)CN2CCN(CCOc3ccc(C(=O)NC4C(C)(C)C(Oc5ccc(C#N)c(Cl)c5)C4(C)C)cc3)CC2)C(C)(C)C)cc1. The molecule has 3 atom stereocenters. The van der Waals surface area contributed by atoms with E-state index >= 15 is 0 Å². The molecule has 0 bridgehead atoms. The summed E-state index contributed by atoms with van der Waals surface area (Å²) in [7, 11) is 0. The van der Waals surface area contributed by atoms with Crippen LogP contribution in [0.2, 0.25) is 5.02 Å². The van der Waals surface area contributed by atoms with Gasteiger partial charge in [-0.1, -0.05) is 84.3 Å². The number of thiazole rings is 1. The Morgan fingerprint density at radius 3 is 2.22 bits per heavy atom. The minimum absolute atomic E-state index is 0.00629. The fraction of sp³-hybridized carbons (Fsp3) is 0.500. The van der Waals surface area contributed by atoms with E-state index in [9.17, 15) is 29.5 Å². The van der Waals surface area contributed by atoms with E-state index in [4.69, 9.17) is 21.1 Å². The largest absolute Gasteiger partial charge is 0.492 e. The number of aliphatic hydroxyl groups is 1. The Kier molecular flexibility index (Phi) is 15.8. The minimum atomic E-state index is -0.909. The molecule has 1 unspecified atom stereocenters. The number of carbonyl (C=O) groups excluding carboxylic acids is 4. The van der Waals surface area contributed by atoms with Gasteiger partial charge in [0.1, 0.15) is 42.4 Å². The Labute approximate surface area is 414 Å². The minimum Gasteiger partial charge on any atom is -0.492 e. The summed E-state index contributed by atoms with van der Waals surface area (Å²) in [5.41, 5.74) is 4.21. The summed E-state index contributed by atoms with van der Waals surface area (Å²) >= 11 is 7.83. The Morgan fingerprint density at radius 2 is 1.61 bits per heavy atom. The maximum Gasteiger partial charge on any atom is 0.251 e. The Morgan fingerprint density at radius 1 is 0.957 bits per heavy atom. The highest BCUT2D eigenvalue weighted by Crippen LogP contribution is 2.55. The predicted octanol–water partition coefficient (Wildman–Crippen LogP) is 6.06. The van der Waals surface area contributed by atoms with Crippen molar-refractivity contribution in [3.8, 4) is 28.0 Å². The number of aromatic nitrogens is 1. The first-order valence-corrected chi connectivity index (χ1v) is 24.8. The van der Waals surface area contributed by atoms with Crippen LogP contribution in [0.3, 0.4) is 0 Å². The molecule has 4 N–H and O–H groups in total. The van der Waals surface area contributed by atoms with Crippen molar-refractivity contribution in [1.82, 2.24) is 35.6 Å². The molecule has 1 saturated carbocycles. The zero-order chi connectivity index (χ0) is 49.8. The zero-order valence-electron chi connectivity index (χ0n) is 40.8. The van der Waals surface area contributed by atoms with E-state index in [0.29, 0.717) is 53.9 Å². The summed E-state index contributed by atoms with van der Waals surface area (Å²) in [6, 6.07) is 20.2. The summed E-state index contributed by atoms with van der Waals surface area (Å²) < 4.78 is 12.4. The highest BCUT2D eigenvalue weighted by molar-refractivity contribution is 7.13. The molecular formula is C52H65ClN8O7S. The number of aryl methyl sites for hydroxylation is 1. The lowest BCUT2D eigenvalue weighted by Crippen LogP contribution is -2.74. The molecule has 3 aliphatic rings. The van der Waals surface area contributed by atoms with Gasteiger partial charge >= 0.3 is 0 Å². The molecule has 2 saturated heterocycles. The Hall–Kier alpha value is -5.57. The highest BCUT2D eigenvalue weighted by atomic mass is 35.5. The first kappa shape index (κ1) is 51.3. The van der Waals surface area contributed by atoms with Gasteiger partial charge in [0.15, 0.2) is 0 Å². The molecule has 69 heavy (non-hydrogen) atoms. The third kappa shape index (κ3) is 11.9. The van der Waals surface area contributed by atoms with Crippen LogP contribution in [-0.2, 0) is 20.9 Å². The molecule has 15 nitrogen and oxygen atoms in total. The van der Waals surface area contributed by atoms with E-state index in [2.05, 4.69) is 64.5 Å². The van der Waals surface area contributed by atoms with Crippen molar-refractivity contribution in [2.45, 2.75) is 98.7 Å². The summed E-state index contributed by atoms with van der Waals surface area (Å²) in [5.74, 6) is 0.0239. The normalized spacial score (nSPS) is 21.6. The van der Waals surface area contributed by atoms with Crippen LogP contribution in [0, 0.1) is 34.5 Å². The van der Waals surface area contributed by atoms with E-state index in [1.54, 1.807) is 53.8 Å². The maximum atomic E-state index is 14.2. The number of aliphatic hydroxyl groups excluding tert-OH is 1. The third-order valence-corrected chi connectivity index (χ3v) is 15.1. The number of ether oxygens (including phenoxy) is 2. The number of nitrogens with one attached hydrogen (secondary N) is 3. The summed E-state index contributed by atoms with van der Waals surface area (Å²) in [6.07, 6.45) is -0.956. The van der Waals surface area contributed by atoms with Gasteiger partial charge < -0.3 is 35.4 Å². The zero-order valence-corrected chi connectivity index (χ0v) is 42.4. The van der Waals surface area contributed by atoms with Crippen LogP contribution in [0.25, 0.3) is 10.4 Å². The van der Waals surface area contributed by atoms with Crippen LogP contribution in [0.1, 0.15) is 82.1 Å². The van der Waals surface area contributed by atoms with Crippen molar-refractivity contribution >= 4 is 46.6 Å². The van der Waals surface area contributed by atoms with Crippen LogP contribution in [0.15, 0.2) is 72.2 Å². The van der Waals surface area contributed by atoms with E-state index in [1.165, 1.54) is 4.90 Å². The Bertz CT molecular complexity index is 2510. The van der Waals surface area contributed by atoms with Crippen LogP contribution in [-0.4, -0.2) is 131 Å². The van der Waals surface area contributed by atoms with Gasteiger partial charge in [0.05, 0.1) is 39.3 Å². The summed E-state index contributed by atoms with van der Waals surface area (Å²) in [4.78, 5) is 65.8. The lowest BCUT2D eigenvalue weighted by molar-refractivity contribution is -0.164. The molecule has 4 amide bonds. The fourth-order valence-corrected chi connectivity index (χ4v) is 11.2. The number of hydrogen-bond donors (Lipinski definition) is 4. The van der Waals surface area contributed by atoms with E-state index in [0.717, 1.165) is 34.8 Å². The standard InChI is InChI=1S/C52H65ClN8O7S/c1-32-43(69-31-56-32)34-11-9-33(10-12-34)28-55-46(65)41-25-37(62)29-61(41)47(66)44(50(2,3)4)57-42(63)30-60-21-19-59(20-22-60)23-24-67-38-16-13-35(14-17-38)45(64)58-48-51(5,6)49(52(48,7)8)68-39-18-15-36(27-54)40(53)26-39/h9-18,26,31,37,41,44,48-49,62H,19-25,28-30H2,1-8H3,(H,55,65)(H,57,63)(H,58,64)/t37-,41+,44?,48?,49?/m1/s1. The molecule has 1 aromatic heterocycles. The second-order valence-electron chi connectivity index (χ2n) is 20.7. The number of halogens is 1. The number of nitrogens with zero attached hydrogens (tertiary/aromatic N) is 5. The van der Waals surface area contributed by atoms with Crippen molar-refractivity contribution in [2.24, 2.45) is 16.2 Å². The lowest BCUT2D eigenvalue weighted by Gasteiger charge is -2.63. The molecule has 4 aromatic rings. The van der Waals surface area contributed by atoms with Gasteiger partial charge in [0.2, 0.25) is 17.7 Å². The molecule has 7 rings (SSSR count). The van der Waals surface area contributed by atoms with Gasteiger partial charge in [-0.2, -0.15) is 5.26 Å². The van der Waals surface area contributed by atoms with Crippen LogP contribution < -0.4 is 25.4 Å². The molecule has 3 heterocycles. The van der Waals surface area contributed by atoms with Gasteiger partial charge in [-0.25, -0.2) is 4.98 Å². The number of piperazine rings is 1. The molecule has 1 aliphatic carbocycles. The summed E-state index contributed by atoms with van der Waals surface area (Å²) in [6.45, 7) is 20.2. The number of rotatable bonds is 16. The number of hydrogen-bond acceptors (Lipinski definition) is 12. The van der Waals surface area contributed by atoms with Crippen LogP contribution >= 0.6 is 22.9 Å². The van der Waals surface area contributed by atoms with Crippen molar-refractivity contribution in [3.05, 3.63) is 99.6 Å². The second kappa shape index (κ2) is 21.2. The average Bonchev–Trinajstić information content (AvgIpc) is 3.93. The van der Waals surface area contributed by atoms with Crippen molar-refractivity contribution < 1.29 is 33.8 Å².